The van der Waals surface area contributed by atoms with E-state index in [0.717, 1.165) is 18.3 Å². The largest absolute Gasteiger partial charge is 0.416 e. The van der Waals surface area contributed by atoms with Crippen LogP contribution in [0.5, 0.6) is 0 Å². The first-order valence-electron chi connectivity index (χ1n) is 3.74. The molecule has 0 saturated heterocycles. The van der Waals surface area contributed by atoms with Crippen LogP contribution < -0.4 is 5.32 Å². The first-order chi connectivity index (χ1) is 6.54. The predicted molar refractivity (Wildman–Crippen MR) is 46.6 cm³/mol. The number of hydrogen-bond acceptors (Lipinski definition) is 2. The quantitative estimate of drug-likeness (QED) is 0.740. The molecule has 2 nitrogen and oxygen atoms in total. The molecule has 14 heavy (non-hydrogen) atoms. The highest BCUT2D eigenvalue weighted by Gasteiger charge is 2.30. The summed E-state index contributed by atoms with van der Waals surface area (Å²) in [6.07, 6.45) is 1.67. The molecule has 0 aliphatic rings. The average Bonchev–Trinajstić information content (AvgIpc) is 2.14. The number of nitrogens with zero attached hydrogens (tertiary/aromatic N) is 1. The van der Waals surface area contributed by atoms with Crippen LogP contribution in [0.4, 0.5) is 19.0 Å². The summed E-state index contributed by atoms with van der Waals surface area (Å²) in [5.74, 6) is 2.36. The van der Waals surface area contributed by atoms with Gasteiger partial charge in [0.2, 0.25) is 0 Å². The predicted octanol–water partition coefficient (Wildman–Crippen LogP) is 2.15. The molecule has 1 aromatic rings. The summed E-state index contributed by atoms with van der Waals surface area (Å²) < 4.78 is 36.6. The lowest BCUT2D eigenvalue weighted by molar-refractivity contribution is -0.137. The number of rotatable bonds is 2. The molecule has 0 bridgehead atoms. The van der Waals surface area contributed by atoms with Gasteiger partial charge in [-0.05, 0) is 12.1 Å². The summed E-state index contributed by atoms with van der Waals surface area (Å²) in [5, 5.41) is 2.56. The van der Waals surface area contributed by atoms with Gasteiger partial charge in [-0.1, -0.05) is 5.92 Å². The molecule has 5 heteroatoms. The molecule has 0 saturated carbocycles. The Hall–Kier alpha value is -1.70. The third-order valence-corrected chi connectivity index (χ3v) is 1.46. The molecule has 0 aliphatic heterocycles. The summed E-state index contributed by atoms with van der Waals surface area (Å²) in [5.41, 5.74) is -0.743. The zero-order chi connectivity index (χ0) is 10.6. The molecular weight excluding hydrogens is 193 g/mol. The standard InChI is InChI=1S/C9H7F3N2/c1-2-4-13-8-6-7(3-5-14-8)9(10,11)12/h1,3,5-6H,4H2,(H,13,14). The lowest BCUT2D eigenvalue weighted by atomic mass is 10.2. The Balaban J connectivity index is 2.86. The second-order valence-electron chi connectivity index (χ2n) is 2.49. The van der Waals surface area contributed by atoms with Gasteiger partial charge in [0.25, 0.3) is 0 Å². The Morgan fingerprint density at radius 3 is 2.79 bits per heavy atom. The molecule has 0 aromatic carbocycles. The van der Waals surface area contributed by atoms with Gasteiger partial charge in [0.1, 0.15) is 5.82 Å². The van der Waals surface area contributed by atoms with Crippen molar-refractivity contribution in [1.82, 2.24) is 4.98 Å². The van der Waals surface area contributed by atoms with Gasteiger partial charge in [-0.25, -0.2) is 4.98 Å². The summed E-state index contributed by atoms with van der Waals surface area (Å²) in [6.45, 7) is 0.147. The monoisotopic (exact) mass is 200 g/mol. The van der Waals surface area contributed by atoms with E-state index in [-0.39, 0.29) is 12.4 Å². The van der Waals surface area contributed by atoms with Crippen LogP contribution >= 0.6 is 0 Å². The summed E-state index contributed by atoms with van der Waals surface area (Å²) >= 11 is 0. The van der Waals surface area contributed by atoms with Crippen molar-refractivity contribution in [3.63, 3.8) is 0 Å². The van der Waals surface area contributed by atoms with Crippen molar-refractivity contribution in [2.45, 2.75) is 6.18 Å². The Bertz CT molecular complexity index is 352. The van der Waals surface area contributed by atoms with Crippen LogP contribution in [0.25, 0.3) is 0 Å². The van der Waals surface area contributed by atoms with Crippen molar-refractivity contribution in [3.05, 3.63) is 23.9 Å². The van der Waals surface area contributed by atoms with Gasteiger partial charge in [-0.3, -0.25) is 0 Å². The molecule has 1 heterocycles. The van der Waals surface area contributed by atoms with E-state index in [1.54, 1.807) is 0 Å². The molecule has 0 aliphatic carbocycles. The van der Waals surface area contributed by atoms with E-state index in [0.29, 0.717) is 0 Å². The van der Waals surface area contributed by atoms with Gasteiger partial charge in [0.15, 0.2) is 0 Å². The third kappa shape index (κ3) is 2.66. The summed E-state index contributed by atoms with van der Waals surface area (Å²) in [6, 6.07) is 1.82. The second kappa shape index (κ2) is 4.01. The first kappa shape index (κ1) is 10.4. The molecule has 0 fully saturated rings. The van der Waals surface area contributed by atoms with Gasteiger partial charge in [-0.15, -0.1) is 6.42 Å². The van der Waals surface area contributed by atoms with E-state index in [1.165, 1.54) is 0 Å². The normalized spacial score (nSPS) is 10.7. The number of pyridine rings is 1. The fourth-order valence-electron chi connectivity index (χ4n) is 0.845. The Morgan fingerprint density at radius 2 is 2.21 bits per heavy atom. The molecule has 1 aromatic heterocycles. The van der Waals surface area contributed by atoms with E-state index in [4.69, 9.17) is 6.42 Å². The molecule has 0 amide bonds. The Morgan fingerprint density at radius 1 is 1.50 bits per heavy atom. The van der Waals surface area contributed by atoms with E-state index >= 15 is 0 Å². The Kier molecular flexibility index (Phi) is 2.97. The minimum atomic E-state index is -4.35. The van der Waals surface area contributed by atoms with Crippen LogP contribution in [0, 0.1) is 12.3 Å². The van der Waals surface area contributed by atoms with Gasteiger partial charge in [0, 0.05) is 6.20 Å². The fraction of sp³-hybridized carbons (Fsp3) is 0.222. The number of halogens is 3. The van der Waals surface area contributed by atoms with Gasteiger partial charge >= 0.3 is 6.18 Å². The van der Waals surface area contributed by atoms with Gasteiger partial charge in [0.05, 0.1) is 12.1 Å². The molecule has 0 spiro atoms. The van der Waals surface area contributed by atoms with E-state index in [2.05, 4.69) is 16.2 Å². The van der Waals surface area contributed by atoms with Crippen LogP contribution in [0.3, 0.4) is 0 Å². The van der Waals surface area contributed by atoms with Gasteiger partial charge < -0.3 is 5.32 Å². The molecular formula is C9H7F3N2. The number of terminal acetylenes is 1. The number of hydrogen-bond donors (Lipinski definition) is 1. The lowest BCUT2D eigenvalue weighted by Crippen LogP contribution is -2.07. The lowest BCUT2D eigenvalue weighted by Gasteiger charge is -2.07. The van der Waals surface area contributed by atoms with Crippen LogP contribution in [0.1, 0.15) is 5.56 Å². The fourth-order valence-corrected chi connectivity index (χ4v) is 0.845. The van der Waals surface area contributed by atoms with E-state index < -0.39 is 11.7 Å². The number of aromatic nitrogens is 1. The van der Waals surface area contributed by atoms with Crippen LogP contribution in [0.2, 0.25) is 0 Å². The average molecular weight is 200 g/mol. The molecule has 1 N–H and O–H groups in total. The minimum Gasteiger partial charge on any atom is -0.359 e. The van der Waals surface area contributed by atoms with Crippen molar-refractivity contribution in [2.24, 2.45) is 0 Å². The van der Waals surface area contributed by atoms with Crippen LogP contribution in [-0.2, 0) is 6.18 Å². The zero-order valence-electron chi connectivity index (χ0n) is 7.10. The topological polar surface area (TPSA) is 24.9 Å². The van der Waals surface area contributed by atoms with E-state index in [9.17, 15) is 13.2 Å². The van der Waals surface area contributed by atoms with Crippen molar-refractivity contribution >= 4 is 5.82 Å². The summed E-state index contributed by atoms with van der Waals surface area (Å²) in [7, 11) is 0. The molecule has 0 radical (unpaired) electrons. The zero-order valence-corrected chi connectivity index (χ0v) is 7.10. The molecule has 1 rings (SSSR count). The smallest absolute Gasteiger partial charge is 0.359 e. The highest BCUT2D eigenvalue weighted by Crippen LogP contribution is 2.29. The number of alkyl halides is 3. The third-order valence-electron chi connectivity index (χ3n) is 1.46. The molecule has 0 unspecified atom stereocenters. The summed E-state index contributed by atoms with van der Waals surface area (Å²) in [4.78, 5) is 3.68. The van der Waals surface area contributed by atoms with Crippen LogP contribution in [-0.4, -0.2) is 11.5 Å². The number of anilines is 1. The Labute approximate surface area is 79.2 Å². The maximum Gasteiger partial charge on any atom is 0.416 e. The van der Waals surface area contributed by atoms with E-state index in [1.807, 2.05) is 0 Å². The SMILES string of the molecule is C#CCNc1cc(C(F)(F)F)ccn1. The maximum atomic E-state index is 12.2. The molecule has 74 valence electrons. The van der Waals surface area contributed by atoms with Crippen molar-refractivity contribution in [1.29, 1.82) is 0 Å². The van der Waals surface area contributed by atoms with Crippen molar-refractivity contribution in [2.75, 3.05) is 11.9 Å². The minimum absolute atomic E-state index is 0.123. The highest BCUT2D eigenvalue weighted by molar-refractivity contribution is 5.39. The highest BCUT2D eigenvalue weighted by atomic mass is 19.4. The number of nitrogens with one attached hydrogen (secondary N) is 1. The van der Waals surface area contributed by atoms with Crippen LogP contribution in [0.15, 0.2) is 18.3 Å². The second-order valence-corrected chi connectivity index (χ2v) is 2.49. The maximum absolute atomic E-state index is 12.2. The first-order valence-corrected chi connectivity index (χ1v) is 3.74. The van der Waals surface area contributed by atoms with Gasteiger partial charge in [-0.2, -0.15) is 13.2 Å². The van der Waals surface area contributed by atoms with Crippen molar-refractivity contribution in [3.8, 4) is 12.3 Å². The van der Waals surface area contributed by atoms with Crippen molar-refractivity contribution < 1.29 is 13.2 Å². The molecule has 0 atom stereocenters.